The fraction of sp³-hybridized carbons (Fsp3) is 0.273. The first kappa shape index (κ1) is 17.8. The molecule has 29 heavy (non-hydrogen) atoms. The number of hydrogen-bond acceptors (Lipinski definition) is 5. The van der Waals surface area contributed by atoms with Crippen molar-refractivity contribution in [2.45, 2.75) is 18.8 Å². The summed E-state index contributed by atoms with van der Waals surface area (Å²) in [6, 6.07) is 15.4. The van der Waals surface area contributed by atoms with Crippen LogP contribution < -0.4 is 20.1 Å². The molecule has 0 spiro atoms. The van der Waals surface area contributed by atoms with E-state index in [2.05, 4.69) is 15.7 Å². The summed E-state index contributed by atoms with van der Waals surface area (Å²) in [6.45, 7) is 2.08. The molecule has 3 heterocycles. The lowest BCUT2D eigenvalue weighted by atomic mass is 9.91. The van der Waals surface area contributed by atoms with E-state index in [9.17, 15) is 4.79 Å². The lowest BCUT2D eigenvalue weighted by Gasteiger charge is -2.24. The van der Waals surface area contributed by atoms with E-state index in [1.54, 1.807) is 18.3 Å². The predicted molar refractivity (Wildman–Crippen MR) is 109 cm³/mol. The molecule has 7 nitrogen and oxygen atoms in total. The highest BCUT2D eigenvalue weighted by molar-refractivity contribution is 6.05. The molecule has 1 aromatic heterocycles. The second-order valence-corrected chi connectivity index (χ2v) is 7.24. The molecule has 1 fully saturated rings. The number of carbonyl (C=O) groups excluding carboxylic acids is 1. The number of piperidine rings is 1. The number of nitrogens with one attached hydrogen (secondary N) is 2. The summed E-state index contributed by atoms with van der Waals surface area (Å²) in [4.78, 5) is 13.2. The molecule has 1 amide bonds. The number of hydrogen-bond donors (Lipinski definition) is 2. The van der Waals surface area contributed by atoms with Crippen LogP contribution in [0.3, 0.4) is 0 Å². The van der Waals surface area contributed by atoms with Crippen molar-refractivity contribution in [3.05, 3.63) is 66.0 Å². The Balaban J connectivity index is 1.48. The van der Waals surface area contributed by atoms with Crippen LogP contribution >= 0.6 is 0 Å². The molecular formula is C22H22N4O3. The summed E-state index contributed by atoms with van der Waals surface area (Å²) < 4.78 is 12.7. The van der Waals surface area contributed by atoms with Crippen LogP contribution in [0.15, 0.2) is 54.7 Å². The van der Waals surface area contributed by atoms with Gasteiger partial charge in [0.15, 0.2) is 11.5 Å². The molecule has 0 atom stereocenters. The standard InChI is InChI=1S/C22H22N4O3/c27-22(25-16-6-7-19-20(12-16)29-14-28-19)18-13-24-26(17-4-2-1-3-5-17)21(18)15-8-10-23-11-9-15/h1-7,12-13,15,23H,8-11,14H2,(H,25,27). The maximum atomic E-state index is 13.2. The van der Waals surface area contributed by atoms with Gasteiger partial charge in [0.05, 0.1) is 23.1 Å². The van der Waals surface area contributed by atoms with E-state index >= 15 is 0 Å². The zero-order valence-electron chi connectivity index (χ0n) is 15.9. The van der Waals surface area contributed by atoms with Gasteiger partial charge in [-0.15, -0.1) is 0 Å². The summed E-state index contributed by atoms with van der Waals surface area (Å²) in [7, 11) is 0. The minimum Gasteiger partial charge on any atom is -0.454 e. The topological polar surface area (TPSA) is 77.4 Å². The fourth-order valence-corrected chi connectivity index (χ4v) is 3.97. The third-order valence-electron chi connectivity index (χ3n) is 5.41. The lowest BCUT2D eigenvalue weighted by molar-refractivity contribution is 0.102. The van der Waals surface area contributed by atoms with E-state index in [4.69, 9.17) is 9.47 Å². The molecule has 2 aromatic carbocycles. The van der Waals surface area contributed by atoms with Crippen molar-refractivity contribution in [2.75, 3.05) is 25.2 Å². The van der Waals surface area contributed by atoms with Gasteiger partial charge in [0.2, 0.25) is 6.79 Å². The number of para-hydroxylation sites is 1. The SMILES string of the molecule is O=C(Nc1ccc2c(c1)OCO2)c1cnn(-c2ccccc2)c1C1CCNCC1. The molecule has 2 N–H and O–H groups in total. The Bertz CT molecular complexity index is 1030. The summed E-state index contributed by atoms with van der Waals surface area (Å²) in [6.07, 6.45) is 3.62. The Kier molecular flexibility index (Phi) is 4.65. The van der Waals surface area contributed by atoms with Crippen LogP contribution in [0.25, 0.3) is 5.69 Å². The number of ether oxygens (including phenoxy) is 2. The zero-order chi connectivity index (χ0) is 19.6. The van der Waals surface area contributed by atoms with Crippen LogP contribution in [0.2, 0.25) is 0 Å². The fourth-order valence-electron chi connectivity index (χ4n) is 3.97. The Morgan fingerprint density at radius 1 is 1.07 bits per heavy atom. The molecule has 0 unspecified atom stereocenters. The number of anilines is 1. The molecule has 1 saturated heterocycles. The van der Waals surface area contributed by atoms with Gasteiger partial charge >= 0.3 is 0 Å². The zero-order valence-corrected chi connectivity index (χ0v) is 15.9. The van der Waals surface area contributed by atoms with E-state index in [0.29, 0.717) is 22.7 Å². The first-order chi connectivity index (χ1) is 14.3. The third kappa shape index (κ3) is 3.45. The Morgan fingerprint density at radius 3 is 2.69 bits per heavy atom. The molecule has 0 radical (unpaired) electrons. The number of nitrogens with zero attached hydrogens (tertiary/aromatic N) is 2. The van der Waals surface area contributed by atoms with Gasteiger partial charge in [-0.2, -0.15) is 5.10 Å². The third-order valence-corrected chi connectivity index (χ3v) is 5.41. The summed E-state index contributed by atoms with van der Waals surface area (Å²) in [5.41, 5.74) is 3.21. The monoisotopic (exact) mass is 390 g/mol. The Labute approximate surface area is 168 Å². The van der Waals surface area contributed by atoms with Gasteiger partial charge in [-0.05, 0) is 50.2 Å². The molecule has 5 rings (SSSR count). The van der Waals surface area contributed by atoms with Crippen molar-refractivity contribution in [3.63, 3.8) is 0 Å². The van der Waals surface area contributed by atoms with Gasteiger partial charge in [-0.25, -0.2) is 4.68 Å². The lowest BCUT2D eigenvalue weighted by Crippen LogP contribution is -2.29. The first-order valence-corrected chi connectivity index (χ1v) is 9.84. The normalized spacial score (nSPS) is 16.0. The second kappa shape index (κ2) is 7.60. The van der Waals surface area contributed by atoms with Crippen molar-refractivity contribution >= 4 is 11.6 Å². The van der Waals surface area contributed by atoms with Gasteiger partial charge in [0.1, 0.15) is 0 Å². The molecule has 0 bridgehead atoms. The van der Waals surface area contributed by atoms with E-state index < -0.39 is 0 Å². The van der Waals surface area contributed by atoms with Gasteiger partial charge in [-0.3, -0.25) is 4.79 Å². The van der Waals surface area contributed by atoms with Crippen LogP contribution in [-0.2, 0) is 0 Å². The summed E-state index contributed by atoms with van der Waals surface area (Å²) >= 11 is 0. The van der Waals surface area contributed by atoms with Gasteiger partial charge < -0.3 is 20.1 Å². The molecule has 2 aliphatic rings. The number of carbonyl (C=O) groups is 1. The average Bonchev–Trinajstić information content (AvgIpc) is 3.42. The number of amides is 1. The van der Waals surface area contributed by atoms with Crippen molar-refractivity contribution in [1.29, 1.82) is 0 Å². The average molecular weight is 390 g/mol. The molecule has 2 aliphatic heterocycles. The van der Waals surface area contributed by atoms with E-state index in [0.717, 1.165) is 37.3 Å². The van der Waals surface area contributed by atoms with Crippen LogP contribution in [-0.4, -0.2) is 35.6 Å². The number of rotatable bonds is 4. The Morgan fingerprint density at radius 2 is 1.86 bits per heavy atom. The van der Waals surface area contributed by atoms with Crippen LogP contribution in [0.5, 0.6) is 11.5 Å². The highest BCUT2D eigenvalue weighted by atomic mass is 16.7. The van der Waals surface area contributed by atoms with Crippen molar-refractivity contribution in [3.8, 4) is 17.2 Å². The van der Waals surface area contributed by atoms with Crippen LogP contribution in [0.1, 0.15) is 34.8 Å². The van der Waals surface area contributed by atoms with E-state index in [-0.39, 0.29) is 18.6 Å². The molecule has 7 heteroatoms. The first-order valence-electron chi connectivity index (χ1n) is 9.84. The quantitative estimate of drug-likeness (QED) is 0.715. The van der Waals surface area contributed by atoms with Crippen molar-refractivity contribution in [1.82, 2.24) is 15.1 Å². The van der Waals surface area contributed by atoms with Gasteiger partial charge in [-0.1, -0.05) is 18.2 Å². The largest absolute Gasteiger partial charge is 0.454 e. The van der Waals surface area contributed by atoms with Crippen LogP contribution in [0, 0.1) is 0 Å². The number of fused-ring (bicyclic) bond motifs is 1. The van der Waals surface area contributed by atoms with E-state index in [1.807, 2.05) is 41.1 Å². The minimum atomic E-state index is -0.167. The maximum Gasteiger partial charge on any atom is 0.259 e. The number of benzene rings is 2. The molecular weight excluding hydrogens is 368 g/mol. The van der Waals surface area contributed by atoms with Crippen LogP contribution in [0.4, 0.5) is 5.69 Å². The predicted octanol–water partition coefficient (Wildman–Crippen LogP) is 3.32. The molecule has 0 aliphatic carbocycles. The molecule has 148 valence electrons. The highest BCUT2D eigenvalue weighted by Crippen LogP contribution is 2.35. The van der Waals surface area contributed by atoms with Gasteiger partial charge in [0, 0.05) is 17.7 Å². The molecule has 3 aromatic rings. The smallest absolute Gasteiger partial charge is 0.259 e. The maximum absolute atomic E-state index is 13.2. The van der Waals surface area contributed by atoms with Crippen molar-refractivity contribution < 1.29 is 14.3 Å². The van der Waals surface area contributed by atoms with Gasteiger partial charge in [0.25, 0.3) is 5.91 Å². The van der Waals surface area contributed by atoms with E-state index in [1.165, 1.54) is 0 Å². The molecule has 0 saturated carbocycles. The highest BCUT2D eigenvalue weighted by Gasteiger charge is 2.27. The second-order valence-electron chi connectivity index (χ2n) is 7.24. The summed E-state index contributed by atoms with van der Waals surface area (Å²) in [5.74, 6) is 1.44. The number of aromatic nitrogens is 2. The summed E-state index contributed by atoms with van der Waals surface area (Å²) in [5, 5.41) is 11.0. The van der Waals surface area contributed by atoms with Crippen molar-refractivity contribution in [2.24, 2.45) is 0 Å². The Hall–Kier alpha value is -3.32. The minimum absolute atomic E-state index is 0.167.